The van der Waals surface area contributed by atoms with E-state index in [4.69, 9.17) is 4.74 Å². The molecule has 4 aromatic rings. The van der Waals surface area contributed by atoms with Gasteiger partial charge < -0.3 is 15.4 Å². The molecule has 0 spiro atoms. The number of nitrogens with one attached hydrogen (secondary N) is 2. The van der Waals surface area contributed by atoms with E-state index >= 15 is 4.39 Å². The minimum Gasteiger partial charge on any atom is -0.477 e. The summed E-state index contributed by atoms with van der Waals surface area (Å²) in [7, 11) is 0. The van der Waals surface area contributed by atoms with E-state index < -0.39 is 29.6 Å². The number of ether oxygens (including phenoxy) is 1. The Balaban J connectivity index is 1.45. The third kappa shape index (κ3) is 4.33. The number of fused-ring (bicyclic) bond motifs is 2. The van der Waals surface area contributed by atoms with Crippen molar-refractivity contribution in [2.75, 3.05) is 11.9 Å². The van der Waals surface area contributed by atoms with Crippen LogP contribution in [0.15, 0.2) is 71.7 Å². The number of halogens is 2. The molecule has 2 amide bonds. The minimum atomic E-state index is -1.42. The van der Waals surface area contributed by atoms with Crippen molar-refractivity contribution in [3.63, 3.8) is 0 Å². The average Bonchev–Trinajstić information content (AvgIpc) is 3.24. The molecule has 10 heteroatoms. The zero-order valence-electron chi connectivity index (χ0n) is 20.9. The predicted molar refractivity (Wildman–Crippen MR) is 141 cm³/mol. The lowest BCUT2D eigenvalue weighted by molar-refractivity contribution is -0.117. The number of benzodiazepines with no additional fused rings is 1. The molecule has 196 valence electrons. The van der Waals surface area contributed by atoms with E-state index in [0.29, 0.717) is 42.0 Å². The monoisotopic (exact) mass is 527 g/mol. The summed E-state index contributed by atoms with van der Waals surface area (Å²) in [5, 5.41) is 9.72. The number of aryl methyl sites for hydroxylation is 2. The summed E-state index contributed by atoms with van der Waals surface area (Å²) in [4.78, 5) is 31.6. The van der Waals surface area contributed by atoms with E-state index in [1.165, 1.54) is 22.9 Å². The highest BCUT2D eigenvalue weighted by Crippen LogP contribution is 2.36. The number of benzene rings is 3. The number of carbonyl (C=O) groups excluding carboxylic acids is 2. The average molecular weight is 528 g/mol. The molecule has 1 aromatic heterocycles. The van der Waals surface area contributed by atoms with Crippen molar-refractivity contribution in [1.29, 1.82) is 0 Å². The van der Waals surface area contributed by atoms with Crippen LogP contribution >= 0.6 is 0 Å². The Morgan fingerprint density at radius 3 is 2.62 bits per heavy atom. The fourth-order valence-corrected chi connectivity index (χ4v) is 4.86. The number of amides is 2. The van der Waals surface area contributed by atoms with Crippen molar-refractivity contribution < 1.29 is 23.1 Å². The van der Waals surface area contributed by atoms with Crippen molar-refractivity contribution >= 4 is 23.2 Å². The molecule has 39 heavy (non-hydrogen) atoms. The first-order chi connectivity index (χ1) is 18.9. The van der Waals surface area contributed by atoms with Crippen LogP contribution in [0, 0.1) is 18.6 Å². The van der Waals surface area contributed by atoms with Gasteiger partial charge in [-0.15, -0.1) is 0 Å². The molecule has 0 aliphatic carbocycles. The van der Waals surface area contributed by atoms with Gasteiger partial charge in [0, 0.05) is 29.7 Å². The fourth-order valence-electron chi connectivity index (χ4n) is 4.86. The predicted octanol–water partition coefficient (Wildman–Crippen LogP) is 4.46. The molecule has 2 aliphatic heterocycles. The Labute approximate surface area is 222 Å². The number of para-hydroxylation sites is 1. The summed E-state index contributed by atoms with van der Waals surface area (Å²) in [6.07, 6.45) is -0.751. The maximum Gasteiger partial charge on any atom is 0.269 e. The second-order valence-electron chi connectivity index (χ2n) is 9.26. The number of aromatic nitrogens is 2. The highest BCUT2D eigenvalue weighted by molar-refractivity contribution is 6.20. The molecule has 3 aromatic carbocycles. The third-order valence-electron chi connectivity index (χ3n) is 6.68. The van der Waals surface area contributed by atoms with Crippen LogP contribution in [-0.4, -0.2) is 40.1 Å². The number of hydrogen-bond donors (Lipinski definition) is 2. The van der Waals surface area contributed by atoms with Gasteiger partial charge in [-0.3, -0.25) is 9.59 Å². The second-order valence-corrected chi connectivity index (χ2v) is 9.26. The molecule has 1 atom stereocenters. The molecule has 0 saturated carbocycles. The Morgan fingerprint density at radius 1 is 1.05 bits per heavy atom. The topological polar surface area (TPSA) is 97.6 Å². The zero-order valence-corrected chi connectivity index (χ0v) is 20.9. The number of nitrogens with zero attached hydrogens (tertiary/aromatic N) is 3. The van der Waals surface area contributed by atoms with Gasteiger partial charge in [-0.1, -0.05) is 54.6 Å². The summed E-state index contributed by atoms with van der Waals surface area (Å²) in [5.41, 5.74) is 2.16. The molecule has 3 heterocycles. The van der Waals surface area contributed by atoms with Crippen molar-refractivity contribution in [2.24, 2.45) is 4.99 Å². The van der Waals surface area contributed by atoms with E-state index in [-0.39, 0.29) is 28.4 Å². The van der Waals surface area contributed by atoms with Gasteiger partial charge >= 0.3 is 0 Å². The molecule has 0 unspecified atom stereocenters. The Kier molecular flexibility index (Phi) is 6.14. The van der Waals surface area contributed by atoms with Crippen molar-refractivity contribution in [1.82, 2.24) is 15.1 Å². The molecular weight excluding hydrogens is 504 g/mol. The molecule has 0 saturated heterocycles. The lowest BCUT2D eigenvalue weighted by Crippen LogP contribution is -2.42. The Hall–Kier alpha value is -4.86. The van der Waals surface area contributed by atoms with Gasteiger partial charge in [-0.25, -0.2) is 18.5 Å². The van der Waals surface area contributed by atoms with Crippen LogP contribution in [0.25, 0.3) is 11.3 Å². The molecule has 6 rings (SSSR count). The van der Waals surface area contributed by atoms with Gasteiger partial charge in [-0.2, -0.15) is 5.10 Å². The van der Waals surface area contributed by atoms with Crippen LogP contribution in [0.4, 0.5) is 14.5 Å². The highest BCUT2D eigenvalue weighted by Gasteiger charge is 2.34. The first-order valence-electron chi connectivity index (χ1n) is 12.5. The molecular formula is C29H23F2N5O3. The van der Waals surface area contributed by atoms with Gasteiger partial charge in [0.1, 0.15) is 22.9 Å². The summed E-state index contributed by atoms with van der Waals surface area (Å²) in [6, 6.07) is 18.0. The van der Waals surface area contributed by atoms with Crippen molar-refractivity contribution in [3.8, 4) is 17.1 Å². The van der Waals surface area contributed by atoms with Crippen LogP contribution in [-0.2, 0) is 11.3 Å². The lowest BCUT2D eigenvalue weighted by atomic mass is 10.0. The molecule has 0 fully saturated rings. The van der Waals surface area contributed by atoms with Crippen LogP contribution in [0.2, 0.25) is 0 Å². The smallest absolute Gasteiger partial charge is 0.269 e. The molecule has 8 nitrogen and oxygen atoms in total. The van der Waals surface area contributed by atoms with Crippen LogP contribution < -0.4 is 15.4 Å². The van der Waals surface area contributed by atoms with Gasteiger partial charge in [0.15, 0.2) is 0 Å². The van der Waals surface area contributed by atoms with Gasteiger partial charge in [0.2, 0.25) is 12.0 Å². The number of hydrogen-bond acceptors (Lipinski definition) is 5. The molecule has 2 aliphatic rings. The number of aliphatic imine (C=N–C) groups is 1. The highest BCUT2D eigenvalue weighted by atomic mass is 19.1. The Morgan fingerprint density at radius 2 is 1.82 bits per heavy atom. The van der Waals surface area contributed by atoms with Crippen LogP contribution in [0.3, 0.4) is 0 Å². The maximum absolute atomic E-state index is 15.0. The normalized spacial score (nSPS) is 16.2. The van der Waals surface area contributed by atoms with Crippen molar-refractivity contribution in [2.45, 2.75) is 26.1 Å². The van der Waals surface area contributed by atoms with Crippen molar-refractivity contribution in [3.05, 3.63) is 101 Å². The zero-order chi connectivity index (χ0) is 27.1. The van der Waals surface area contributed by atoms with Crippen LogP contribution in [0.5, 0.6) is 5.88 Å². The van der Waals surface area contributed by atoms with Gasteiger partial charge in [0.05, 0.1) is 18.0 Å². The summed E-state index contributed by atoms with van der Waals surface area (Å²) >= 11 is 0. The molecule has 0 radical (unpaired) electrons. The standard InChI is InChI=1S/C29H23F2N5O3/c1-16-8-5-12-19(30)21(16)25-22(29-36(35-25)14-7-15-39-29)27(37)34-26-28(38)33-24-18(11-6-13-20(24)31)23(32-26)17-9-3-2-4-10-17/h2-6,8-13,26H,7,14-15H2,1H3,(H,33,38)(H,34,37)/t26-/m1/s1. The fraction of sp³-hybridized carbons (Fsp3) is 0.172. The number of anilines is 1. The minimum absolute atomic E-state index is 0.0000952. The first-order valence-corrected chi connectivity index (χ1v) is 12.5. The van der Waals surface area contributed by atoms with Gasteiger partial charge in [-0.05, 0) is 24.6 Å². The summed E-state index contributed by atoms with van der Waals surface area (Å²) < 4.78 is 37.1. The first kappa shape index (κ1) is 24.5. The molecule has 2 N–H and O–H groups in total. The van der Waals surface area contributed by atoms with Gasteiger partial charge in [0.25, 0.3) is 11.8 Å². The SMILES string of the molecule is Cc1cccc(F)c1-c1nn2c(c1C(=O)N[C@H]1N=C(c3ccccc3)c3cccc(F)c3NC1=O)OCCC2. The van der Waals surface area contributed by atoms with E-state index in [2.05, 4.69) is 20.7 Å². The number of rotatable bonds is 4. The van der Waals surface area contributed by atoms with E-state index in [1.807, 2.05) is 6.07 Å². The lowest BCUT2D eigenvalue weighted by Gasteiger charge is -2.17. The maximum atomic E-state index is 15.0. The van der Waals surface area contributed by atoms with E-state index in [0.717, 1.165) is 0 Å². The summed E-state index contributed by atoms with van der Waals surface area (Å²) in [5.74, 6) is -2.44. The summed E-state index contributed by atoms with van der Waals surface area (Å²) in [6.45, 7) is 2.56. The third-order valence-corrected chi connectivity index (χ3v) is 6.68. The molecule has 0 bridgehead atoms. The number of carbonyl (C=O) groups is 2. The van der Waals surface area contributed by atoms with E-state index in [9.17, 15) is 14.0 Å². The van der Waals surface area contributed by atoms with E-state index in [1.54, 1.807) is 49.4 Å². The second kappa shape index (κ2) is 9.79. The largest absolute Gasteiger partial charge is 0.477 e. The quantitative estimate of drug-likeness (QED) is 0.409. The Bertz CT molecular complexity index is 1630. The van der Waals surface area contributed by atoms with Crippen LogP contribution in [0.1, 0.15) is 33.5 Å².